The van der Waals surface area contributed by atoms with Gasteiger partial charge in [-0.2, -0.15) is 0 Å². The zero-order valence-electron chi connectivity index (χ0n) is 6.24. The molecule has 2 rings (SSSR count). The Morgan fingerprint density at radius 3 is 3.08 bits per heavy atom. The molecule has 2 nitrogen and oxygen atoms in total. The largest absolute Gasteiger partial charge is 0.303 e. The summed E-state index contributed by atoms with van der Waals surface area (Å²) in [7, 11) is 0. The fourth-order valence-corrected chi connectivity index (χ4v) is 1.01. The van der Waals surface area contributed by atoms with Crippen molar-refractivity contribution in [1.29, 1.82) is 0 Å². The number of hydrogen-bond donors (Lipinski definition) is 0. The molecule has 1 radical (unpaired) electrons. The summed E-state index contributed by atoms with van der Waals surface area (Å²) in [6.45, 7) is 0. The molecule has 12 heavy (non-hydrogen) atoms. The molecule has 1 heterocycles. The third-order valence-corrected chi connectivity index (χ3v) is 1.57. The van der Waals surface area contributed by atoms with Gasteiger partial charge in [-0.25, -0.2) is 9.37 Å². The first-order chi connectivity index (χ1) is 5.88. The number of benzene rings is 1. The van der Waals surface area contributed by atoms with Gasteiger partial charge in [0.25, 0.3) is 0 Å². The Morgan fingerprint density at radius 2 is 2.42 bits per heavy atom. The van der Waals surface area contributed by atoms with Crippen LogP contribution in [-0.2, 0) is 0 Å². The number of hydrogen-bond acceptors (Lipinski definition) is 1. The highest BCUT2D eigenvalue weighted by molar-refractivity contribution is 5.32. The molecule has 0 aliphatic heterocycles. The predicted octanol–water partition coefficient (Wildman–Crippen LogP) is 1.81. The van der Waals surface area contributed by atoms with Crippen molar-refractivity contribution in [2.45, 2.75) is 0 Å². The molecule has 2 aromatic rings. The number of aromatic nitrogens is 2. The molecule has 0 spiro atoms. The average Bonchev–Trinajstić information content (AvgIpc) is 2.57. The van der Waals surface area contributed by atoms with Crippen molar-refractivity contribution in [3.8, 4) is 5.69 Å². The fraction of sp³-hybridized carbons (Fsp3) is 0. The molecule has 0 atom stereocenters. The summed E-state index contributed by atoms with van der Waals surface area (Å²) >= 11 is 0. The van der Waals surface area contributed by atoms with Crippen LogP contribution in [0, 0.1) is 11.9 Å². The standard InChI is InChI=1S/C9H6FN2/c10-8-3-1-2-4-9(8)12-6-5-11-7-12/h2-7H. The first kappa shape index (κ1) is 7.03. The summed E-state index contributed by atoms with van der Waals surface area (Å²) in [5.74, 6) is -0.296. The minimum Gasteiger partial charge on any atom is -0.303 e. The molecule has 1 aromatic heterocycles. The normalized spacial score (nSPS) is 10.1. The van der Waals surface area contributed by atoms with E-state index in [9.17, 15) is 4.39 Å². The van der Waals surface area contributed by atoms with Crippen LogP contribution in [0.4, 0.5) is 4.39 Å². The zero-order valence-corrected chi connectivity index (χ0v) is 6.24. The van der Waals surface area contributed by atoms with E-state index in [2.05, 4.69) is 11.1 Å². The van der Waals surface area contributed by atoms with Gasteiger partial charge in [-0.1, -0.05) is 6.07 Å². The van der Waals surface area contributed by atoms with Gasteiger partial charge in [0.15, 0.2) is 0 Å². The number of imidazole rings is 1. The molecule has 0 aliphatic carbocycles. The molecule has 1 aromatic carbocycles. The van der Waals surface area contributed by atoms with Gasteiger partial charge in [0.05, 0.1) is 12.0 Å². The molecule has 0 saturated heterocycles. The molecule has 59 valence electrons. The number of rotatable bonds is 1. The highest BCUT2D eigenvalue weighted by Gasteiger charge is 2.00. The summed E-state index contributed by atoms with van der Waals surface area (Å²) in [5, 5.41) is 0. The van der Waals surface area contributed by atoms with Gasteiger partial charge in [-0.05, 0) is 18.2 Å². The van der Waals surface area contributed by atoms with Crippen molar-refractivity contribution >= 4 is 0 Å². The molecule has 0 N–H and O–H groups in total. The summed E-state index contributed by atoms with van der Waals surface area (Å²) in [4.78, 5) is 3.83. The molecule has 0 bridgehead atoms. The quantitative estimate of drug-likeness (QED) is 0.623. The van der Waals surface area contributed by atoms with Crippen molar-refractivity contribution < 1.29 is 4.39 Å². The molecular formula is C9H6FN2. The van der Waals surface area contributed by atoms with Crippen LogP contribution in [-0.4, -0.2) is 9.55 Å². The van der Waals surface area contributed by atoms with E-state index in [1.54, 1.807) is 35.4 Å². The second-order valence-electron chi connectivity index (χ2n) is 2.35. The summed E-state index contributed by atoms with van der Waals surface area (Å²) in [6.07, 6.45) is 4.85. The lowest BCUT2D eigenvalue weighted by Crippen LogP contribution is -1.93. The highest BCUT2D eigenvalue weighted by Crippen LogP contribution is 2.10. The Hall–Kier alpha value is -1.64. The Balaban J connectivity index is 2.55. The SMILES string of the molecule is Fc1c[c]ccc1-n1ccnc1. The molecule has 0 fully saturated rings. The Bertz CT molecular complexity index is 368. The van der Waals surface area contributed by atoms with Gasteiger partial charge in [0.2, 0.25) is 0 Å². The zero-order chi connectivity index (χ0) is 8.39. The van der Waals surface area contributed by atoms with Crippen LogP contribution in [0.15, 0.2) is 36.9 Å². The average molecular weight is 161 g/mol. The van der Waals surface area contributed by atoms with Crippen molar-refractivity contribution in [3.05, 3.63) is 48.8 Å². The maximum absolute atomic E-state index is 13.1. The first-order valence-electron chi connectivity index (χ1n) is 3.52. The number of nitrogens with zero attached hydrogens (tertiary/aromatic N) is 2. The smallest absolute Gasteiger partial charge is 0.147 e. The molecule has 0 saturated carbocycles. The van der Waals surface area contributed by atoms with Crippen LogP contribution in [0.25, 0.3) is 5.69 Å². The highest BCUT2D eigenvalue weighted by atomic mass is 19.1. The van der Waals surface area contributed by atoms with E-state index >= 15 is 0 Å². The minimum absolute atomic E-state index is 0.296. The maximum atomic E-state index is 13.1. The van der Waals surface area contributed by atoms with Crippen LogP contribution in [0.5, 0.6) is 0 Å². The van der Waals surface area contributed by atoms with Crippen molar-refractivity contribution in [3.63, 3.8) is 0 Å². The van der Waals surface area contributed by atoms with Gasteiger partial charge in [0, 0.05) is 12.4 Å². The van der Waals surface area contributed by atoms with E-state index < -0.39 is 0 Å². The van der Waals surface area contributed by atoms with Crippen molar-refractivity contribution in [2.75, 3.05) is 0 Å². The van der Waals surface area contributed by atoms with Crippen LogP contribution >= 0.6 is 0 Å². The predicted molar refractivity (Wildman–Crippen MR) is 42.4 cm³/mol. The maximum Gasteiger partial charge on any atom is 0.147 e. The van der Waals surface area contributed by atoms with E-state index in [1.165, 1.54) is 6.07 Å². The Kier molecular flexibility index (Phi) is 1.63. The van der Waals surface area contributed by atoms with Gasteiger partial charge < -0.3 is 4.57 Å². The van der Waals surface area contributed by atoms with Crippen molar-refractivity contribution in [2.24, 2.45) is 0 Å². The molecular weight excluding hydrogens is 155 g/mol. The lowest BCUT2D eigenvalue weighted by atomic mass is 10.3. The second-order valence-corrected chi connectivity index (χ2v) is 2.35. The third-order valence-electron chi connectivity index (χ3n) is 1.57. The molecule has 0 aliphatic rings. The van der Waals surface area contributed by atoms with Gasteiger partial charge in [-0.15, -0.1) is 0 Å². The van der Waals surface area contributed by atoms with Crippen LogP contribution in [0.1, 0.15) is 0 Å². The summed E-state index contributed by atoms with van der Waals surface area (Å²) in [5.41, 5.74) is 0.492. The number of halogens is 1. The van der Waals surface area contributed by atoms with E-state index in [1.807, 2.05) is 0 Å². The van der Waals surface area contributed by atoms with E-state index in [4.69, 9.17) is 0 Å². The Labute approximate surface area is 69.3 Å². The summed E-state index contributed by atoms with van der Waals surface area (Å²) < 4.78 is 14.7. The topological polar surface area (TPSA) is 17.8 Å². The summed E-state index contributed by atoms with van der Waals surface area (Å²) in [6, 6.07) is 7.27. The third kappa shape index (κ3) is 1.09. The lowest BCUT2D eigenvalue weighted by molar-refractivity contribution is 0.618. The molecule has 3 heteroatoms. The lowest BCUT2D eigenvalue weighted by Gasteiger charge is -2.01. The van der Waals surface area contributed by atoms with E-state index in [0.29, 0.717) is 5.69 Å². The fourth-order valence-electron chi connectivity index (χ4n) is 1.01. The van der Waals surface area contributed by atoms with Crippen molar-refractivity contribution in [1.82, 2.24) is 9.55 Å². The van der Waals surface area contributed by atoms with Gasteiger partial charge in [-0.3, -0.25) is 0 Å². The van der Waals surface area contributed by atoms with Gasteiger partial charge >= 0.3 is 0 Å². The van der Waals surface area contributed by atoms with Gasteiger partial charge in [0.1, 0.15) is 5.82 Å². The second kappa shape index (κ2) is 2.77. The molecule has 0 amide bonds. The first-order valence-corrected chi connectivity index (χ1v) is 3.52. The monoisotopic (exact) mass is 161 g/mol. The van der Waals surface area contributed by atoms with Crippen LogP contribution in [0.2, 0.25) is 0 Å². The minimum atomic E-state index is -0.296. The Morgan fingerprint density at radius 1 is 1.50 bits per heavy atom. The molecule has 0 unspecified atom stereocenters. The van der Waals surface area contributed by atoms with E-state index in [0.717, 1.165) is 0 Å². The van der Waals surface area contributed by atoms with Crippen LogP contribution < -0.4 is 0 Å². The van der Waals surface area contributed by atoms with E-state index in [-0.39, 0.29) is 5.82 Å². The van der Waals surface area contributed by atoms with Crippen LogP contribution in [0.3, 0.4) is 0 Å².